The number of pyridine rings is 1. The quantitative estimate of drug-likeness (QED) is 0.149. The predicted octanol–water partition coefficient (Wildman–Crippen LogP) is 20.3. The first-order valence-corrected chi connectivity index (χ1v) is 29.2. The molecule has 11 aromatic rings. The van der Waals surface area contributed by atoms with Crippen molar-refractivity contribution in [3.8, 4) is 51.1 Å². The number of hydrogen-bond acceptors (Lipinski definition) is 5. The van der Waals surface area contributed by atoms with Gasteiger partial charge in [0.05, 0.1) is 5.41 Å². The third-order valence-corrected chi connectivity index (χ3v) is 17.4. The molecule has 4 heterocycles. The molecule has 0 N–H and O–H groups in total. The Balaban J connectivity index is 0.00000658. The number of ether oxygens (including phenoxy) is 2. The van der Waals surface area contributed by atoms with Crippen LogP contribution in [-0.2, 0) is 48.1 Å². The summed E-state index contributed by atoms with van der Waals surface area (Å²) in [4.78, 5) is 9.74. The monoisotopic (exact) mass is 1280 g/mol. The number of hydrogen-bond donors (Lipinski definition) is 0. The van der Waals surface area contributed by atoms with E-state index in [4.69, 9.17) is 14.5 Å². The molecule has 422 valence electrons. The van der Waals surface area contributed by atoms with Crippen molar-refractivity contribution in [2.45, 2.75) is 110 Å². The number of aromatic nitrogens is 2. The van der Waals surface area contributed by atoms with Gasteiger partial charge in [-0.1, -0.05) is 215 Å². The molecule has 1 spiro atoms. The van der Waals surface area contributed by atoms with Crippen LogP contribution in [0.3, 0.4) is 0 Å². The minimum atomic E-state index is -0.713. The molecule has 0 atom stereocenters. The van der Waals surface area contributed by atoms with Gasteiger partial charge >= 0.3 is 0 Å². The fraction of sp³-hybridized carbons (Fsp3) is 0.221. The first-order chi connectivity index (χ1) is 39.7. The van der Waals surface area contributed by atoms with Crippen LogP contribution in [0.25, 0.3) is 49.9 Å². The number of para-hydroxylation sites is 5. The Kier molecular flexibility index (Phi) is 12.9. The van der Waals surface area contributed by atoms with E-state index in [1.54, 1.807) is 0 Å². The molecule has 6 nitrogen and oxygen atoms in total. The fourth-order valence-corrected chi connectivity index (χ4v) is 13.0. The van der Waals surface area contributed by atoms with Gasteiger partial charge in [0.1, 0.15) is 17.3 Å². The van der Waals surface area contributed by atoms with Gasteiger partial charge in [0, 0.05) is 83.6 Å². The maximum Gasteiger partial charge on any atom is 0.135 e. The standard InChI is InChI=1S/C77H69N4O2.Pt/c1-73(2,3)50-24-19-23-48(39-50)57-27-21-28-58(49-40-52(75(7,8)9)42-53(41-49)76(10,11)12)72(57)80-47-79(63-32-15-16-33-64(63)80)54-25-20-26-55(44-54)82-56-45-62-71-66(46-56)81(69-43-51(37-38-78-69)74(4,5)6)65-34-22-31-61(70(65)71)77(62)59-29-13-17-35-67(59)83-68-36-18-14-30-60(68)77;/h13-43,45,47H,1-12H3;/q-3;. The van der Waals surface area contributed by atoms with Gasteiger partial charge in [-0.15, -0.1) is 48.3 Å². The Morgan fingerprint density at radius 3 is 1.69 bits per heavy atom. The number of nitrogens with zero attached hydrogens (tertiary/aromatic N) is 4. The van der Waals surface area contributed by atoms with E-state index in [-0.39, 0.29) is 42.7 Å². The van der Waals surface area contributed by atoms with Crippen LogP contribution in [0.2, 0.25) is 0 Å². The van der Waals surface area contributed by atoms with Crippen LogP contribution in [0.15, 0.2) is 194 Å². The molecular weight excluding hydrogens is 1210 g/mol. The molecule has 3 aliphatic rings. The van der Waals surface area contributed by atoms with Crippen LogP contribution >= 0.6 is 0 Å². The molecule has 84 heavy (non-hydrogen) atoms. The fourth-order valence-electron chi connectivity index (χ4n) is 13.0. The van der Waals surface area contributed by atoms with E-state index in [1.165, 1.54) is 44.3 Å². The summed E-state index contributed by atoms with van der Waals surface area (Å²) in [6, 6.07) is 76.0. The van der Waals surface area contributed by atoms with Gasteiger partial charge in [0.15, 0.2) is 0 Å². The zero-order valence-corrected chi connectivity index (χ0v) is 52.2. The van der Waals surface area contributed by atoms with Crippen molar-refractivity contribution in [3.63, 3.8) is 0 Å². The van der Waals surface area contributed by atoms with E-state index in [9.17, 15) is 0 Å². The molecule has 2 aromatic heterocycles. The molecule has 9 aromatic carbocycles. The second kappa shape index (κ2) is 19.7. The molecule has 0 bridgehead atoms. The topological polar surface area (TPSA) is 42.8 Å². The zero-order valence-electron chi connectivity index (χ0n) is 50.0. The minimum Gasteiger partial charge on any atom is -0.509 e. The average Bonchev–Trinajstić information content (AvgIpc) is 1.49. The van der Waals surface area contributed by atoms with E-state index in [2.05, 4.69) is 298 Å². The summed E-state index contributed by atoms with van der Waals surface area (Å²) in [6.07, 6.45) is 1.93. The van der Waals surface area contributed by atoms with Crippen molar-refractivity contribution in [2.24, 2.45) is 0 Å². The summed E-state index contributed by atoms with van der Waals surface area (Å²) in [7, 11) is 0. The van der Waals surface area contributed by atoms with Gasteiger partial charge in [0.2, 0.25) is 0 Å². The molecule has 0 unspecified atom stereocenters. The normalized spacial score (nSPS) is 14.2. The molecule has 7 heteroatoms. The molecule has 1 aliphatic carbocycles. The van der Waals surface area contributed by atoms with Crippen molar-refractivity contribution in [3.05, 3.63) is 258 Å². The van der Waals surface area contributed by atoms with Crippen LogP contribution in [0.4, 0.5) is 22.7 Å². The van der Waals surface area contributed by atoms with Crippen LogP contribution in [0.1, 0.15) is 128 Å². The third-order valence-electron chi connectivity index (χ3n) is 17.4. The van der Waals surface area contributed by atoms with Crippen LogP contribution < -0.4 is 19.3 Å². The van der Waals surface area contributed by atoms with Gasteiger partial charge in [-0.05, 0) is 108 Å². The maximum absolute atomic E-state index is 7.23. The zero-order chi connectivity index (χ0) is 57.5. The van der Waals surface area contributed by atoms with Gasteiger partial charge < -0.3 is 23.8 Å². The Morgan fingerprint density at radius 1 is 0.464 bits per heavy atom. The molecule has 0 saturated heterocycles. The Morgan fingerprint density at radius 2 is 1.02 bits per heavy atom. The summed E-state index contributed by atoms with van der Waals surface area (Å²) < 4.78 is 16.3. The Hall–Kier alpha value is -8.18. The van der Waals surface area contributed by atoms with Crippen molar-refractivity contribution in [1.82, 2.24) is 9.55 Å². The van der Waals surface area contributed by atoms with Crippen LogP contribution in [-0.4, -0.2) is 9.55 Å². The van der Waals surface area contributed by atoms with Crippen LogP contribution in [0, 0.1) is 18.8 Å². The van der Waals surface area contributed by atoms with Gasteiger partial charge in [-0.2, -0.15) is 6.07 Å². The SMILES string of the molecule is CC(C)(C)c1cccc(-c2cccc(-c3cc(C(C)(C)C)cc(C(C)(C)C)c3)c2N2[CH-]N(c3[c-]c(Oc4[c-]c5c6c(c4)C4(c7ccccc7Oc7ccccc74)c4cccc(c46)n5-c4cc(C(C)(C)C)ccn4)ccc3)c3ccccc32)c1.[Pt]. The molecule has 0 radical (unpaired) electrons. The average molecular weight is 1280 g/mol. The largest absolute Gasteiger partial charge is 0.509 e. The first-order valence-electron chi connectivity index (χ1n) is 29.2. The molecule has 2 aliphatic heterocycles. The number of fused-ring (bicyclic) bond motifs is 7. The summed E-state index contributed by atoms with van der Waals surface area (Å²) in [5, 5.41) is 2.31. The number of anilines is 4. The maximum atomic E-state index is 7.23. The van der Waals surface area contributed by atoms with E-state index >= 15 is 0 Å². The van der Waals surface area contributed by atoms with Gasteiger partial charge in [0.25, 0.3) is 0 Å². The molecule has 0 saturated carbocycles. The van der Waals surface area contributed by atoms with E-state index < -0.39 is 5.41 Å². The Labute approximate surface area is 510 Å². The van der Waals surface area contributed by atoms with E-state index in [0.717, 1.165) is 84.3 Å². The first kappa shape index (κ1) is 55.0. The summed E-state index contributed by atoms with van der Waals surface area (Å²) in [5.74, 6) is 3.65. The molecule has 0 amide bonds. The van der Waals surface area contributed by atoms with Crippen molar-refractivity contribution >= 4 is 44.6 Å². The predicted molar refractivity (Wildman–Crippen MR) is 342 cm³/mol. The van der Waals surface area contributed by atoms with Gasteiger partial charge in [-0.25, -0.2) is 4.98 Å². The van der Waals surface area contributed by atoms with Gasteiger partial charge in [-0.3, -0.25) is 0 Å². The minimum absolute atomic E-state index is 0. The molecular formula is C77H69N4O2Pt-3. The summed E-state index contributed by atoms with van der Waals surface area (Å²) in [6.45, 7) is 29.7. The van der Waals surface area contributed by atoms with Crippen molar-refractivity contribution < 1.29 is 30.5 Å². The summed E-state index contributed by atoms with van der Waals surface area (Å²) in [5.41, 5.74) is 19.3. The van der Waals surface area contributed by atoms with Crippen LogP contribution in [0.5, 0.6) is 23.0 Å². The third kappa shape index (κ3) is 8.81. The second-order valence-electron chi connectivity index (χ2n) is 27.0. The smallest absolute Gasteiger partial charge is 0.135 e. The van der Waals surface area contributed by atoms with E-state index in [1.807, 2.05) is 12.3 Å². The summed E-state index contributed by atoms with van der Waals surface area (Å²) >= 11 is 0. The van der Waals surface area contributed by atoms with Crippen molar-refractivity contribution in [1.29, 1.82) is 0 Å². The number of benzene rings is 9. The number of rotatable bonds is 7. The molecule has 14 rings (SSSR count). The molecule has 0 fully saturated rings. The van der Waals surface area contributed by atoms with Crippen molar-refractivity contribution in [2.75, 3.05) is 9.80 Å². The Bertz CT molecular complexity index is 4370. The second-order valence-corrected chi connectivity index (χ2v) is 27.0. The van der Waals surface area contributed by atoms with E-state index in [0.29, 0.717) is 11.5 Å².